The molecule has 0 saturated heterocycles. The Morgan fingerprint density at radius 1 is 1.15 bits per heavy atom. The molecule has 0 bridgehead atoms. The first-order chi connectivity index (χ1) is 9.65. The summed E-state index contributed by atoms with van der Waals surface area (Å²) < 4.78 is 12.7. The zero-order chi connectivity index (χ0) is 14.4. The average Bonchev–Trinajstić information content (AvgIpc) is 2.46. The molecule has 2 aromatic rings. The molecule has 0 unspecified atom stereocenters. The van der Waals surface area contributed by atoms with Crippen molar-refractivity contribution in [1.29, 1.82) is 0 Å². The summed E-state index contributed by atoms with van der Waals surface area (Å²) >= 11 is 1.52. The van der Waals surface area contributed by atoms with Gasteiger partial charge in [-0.25, -0.2) is 4.39 Å². The summed E-state index contributed by atoms with van der Waals surface area (Å²) in [5, 5.41) is 2.83. The van der Waals surface area contributed by atoms with Gasteiger partial charge in [0.1, 0.15) is 5.82 Å². The van der Waals surface area contributed by atoms with E-state index in [1.807, 2.05) is 31.2 Å². The first kappa shape index (κ1) is 14.6. The van der Waals surface area contributed by atoms with Crippen LogP contribution in [-0.4, -0.2) is 11.7 Å². The summed E-state index contributed by atoms with van der Waals surface area (Å²) in [5.74, 6) is 0.0873. The molecule has 0 heterocycles. The monoisotopic (exact) mass is 289 g/mol. The van der Waals surface area contributed by atoms with Gasteiger partial charge in [-0.05, 0) is 36.2 Å². The minimum atomic E-state index is -0.268. The number of nitrogens with one attached hydrogen (secondary N) is 1. The van der Waals surface area contributed by atoms with Crippen molar-refractivity contribution in [1.82, 2.24) is 5.32 Å². The molecule has 2 rings (SSSR count). The van der Waals surface area contributed by atoms with Crippen LogP contribution in [0.25, 0.3) is 0 Å². The quantitative estimate of drug-likeness (QED) is 0.853. The van der Waals surface area contributed by atoms with Crippen molar-refractivity contribution < 1.29 is 9.18 Å². The standard InChI is InChI=1S/C16H16FNOS/c1-12-4-2-3-5-15(12)20-11-16(19)18-10-13-6-8-14(17)9-7-13/h2-9H,10-11H2,1H3,(H,18,19). The van der Waals surface area contributed by atoms with Crippen LogP contribution in [0.1, 0.15) is 11.1 Å². The molecule has 1 N–H and O–H groups in total. The first-order valence-electron chi connectivity index (χ1n) is 6.35. The molecule has 0 spiro atoms. The van der Waals surface area contributed by atoms with E-state index >= 15 is 0 Å². The number of hydrogen-bond acceptors (Lipinski definition) is 2. The summed E-state index contributed by atoms with van der Waals surface area (Å²) in [7, 11) is 0. The van der Waals surface area contributed by atoms with Crippen LogP contribution in [-0.2, 0) is 11.3 Å². The highest BCUT2D eigenvalue weighted by Gasteiger charge is 2.04. The number of carbonyl (C=O) groups is 1. The van der Waals surface area contributed by atoms with Crippen molar-refractivity contribution in [2.45, 2.75) is 18.4 Å². The Kier molecular flexibility index (Phi) is 5.18. The van der Waals surface area contributed by atoms with Crippen LogP contribution < -0.4 is 5.32 Å². The Morgan fingerprint density at radius 2 is 1.85 bits per heavy atom. The van der Waals surface area contributed by atoms with Crippen LogP contribution in [0.4, 0.5) is 4.39 Å². The molecule has 2 aromatic carbocycles. The van der Waals surface area contributed by atoms with Gasteiger partial charge in [0.05, 0.1) is 5.75 Å². The number of hydrogen-bond donors (Lipinski definition) is 1. The highest BCUT2D eigenvalue weighted by Crippen LogP contribution is 2.21. The molecular weight excluding hydrogens is 273 g/mol. The summed E-state index contributed by atoms with van der Waals surface area (Å²) in [5.41, 5.74) is 2.06. The molecule has 0 radical (unpaired) electrons. The van der Waals surface area contributed by atoms with Gasteiger partial charge in [0.25, 0.3) is 0 Å². The lowest BCUT2D eigenvalue weighted by Crippen LogP contribution is -2.24. The molecular formula is C16H16FNOS. The Bertz CT molecular complexity index is 583. The van der Waals surface area contributed by atoms with Crippen molar-refractivity contribution in [2.75, 3.05) is 5.75 Å². The van der Waals surface area contributed by atoms with E-state index < -0.39 is 0 Å². The van der Waals surface area contributed by atoms with E-state index in [9.17, 15) is 9.18 Å². The number of thioether (sulfide) groups is 1. The average molecular weight is 289 g/mol. The molecule has 0 aromatic heterocycles. The van der Waals surface area contributed by atoms with Crippen LogP contribution in [0.5, 0.6) is 0 Å². The zero-order valence-electron chi connectivity index (χ0n) is 11.2. The molecule has 0 aliphatic carbocycles. The highest BCUT2D eigenvalue weighted by atomic mass is 32.2. The van der Waals surface area contributed by atoms with E-state index in [0.717, 1.165) is 10.5 Å². The lowest BCUT2D eigenvalue weighted by molar-refractivity contribution is -0.118. The van der Waals surface area contributed by atoms with Crippen LogP contribution in [0.15, 0.2) is 53.4 Å². The van der Waals surface area contributed by atoms with Crippen molar-refractivity contribution in [3.05, 3.63) is 65.5 Å². The molecule has 20 heavy (non-hydrogen) atoms. The van der Waals surface area contributed by atoms with E-state index in [0.29, 0.717) is 12.3 Å². The second-order valence-electron chi connectivity index (χ2n) is 4.46. The maximum Gasteiger partial charge on any atom is 0.230 e. The number of carbonyl (C=O) groups excluding carboxylic acids is 1. The molecule has 0 fully saturated rings. The fraction of sp³-hybridized carbons (Fsp3) is 0.188. The lowest BCUT2D eigenvalue weighted by atomic mass is 10.2. The number of halogens is 1. The Labute approximate surface area is 122 Å². The minimum Gasteiger partial charge on any atom is -0.351 e. The zero-order valence-corrected chi connectivity index (χ0v) is 12.0. The largest absolute Gasteiger partial charge is 0.351 e. The van der Waals surface area contributed by atoms with Crippen LogP contribution >= 0.6 is 11.8 Å². The van der Waals surface area contributed by atoms with Gasteiger partial charge in [-0.1, -0.05) is 30.3 Å². The van der Waals surface area contributed by atoms with Crippen molar-refractivity contribution in [3.63, 3.8) is 0 Å². The molecule has 4 heteroatoms. The van der Waals surface area contributed by atoms with E-state index in [4.69, 9.17) is 0 Å². The Hall–Kier alpha value is -1.81. The van der Waals surface area contributed by atoms with Gasteiger partial charge in [0, 0.05) is 11.4 Å². The van der Waals surface area contributed by atoms with Crippen molar-refractivity contribution in [2.24, 2.45) is 0 Å². The Balaban J connectivity index is 1.78. The molecule has 1 amide bonds. The van der Waals surface area contributed by atoms with Crippen molar-refractivity contribution >= 4 is 17.7 Å². The lowest BCUT2D eigenvalue weighted by Gasteiger charge is -2.07. The van der Waals surface area contributed by atoms with E-state index in [1.54, 1.807) is 12.1 Å². The van der Waals surface area contributed by atoms with Gasteiger partial charge in [-0.15, -0.1) is 11.8 Å². The topological polar surface area (TPSA) is 29.1 Å². The molecule has 104 valence electrons. The van der Waals surface area contributed by atoms with E-state index in [-0.39, 0.29) is 11.7 Å². The number of benzene rings is 2. The number of amides is 1. The maximum atomic E-state index is 12.7. The molecule has 0 aliphatic rings. The predicted molar refractivity (Wildman–Crippen MR) is 80.1 cm³/mol. The fourth-order valence-corrected chi connectivity index (χ4v) is 2.57. The van der Waals surface area contributed by atoms with Gasteiger partial charge in [-0.3, -0.25) is 4.79 Å². The van der Waals surface area contributed by atoms with Crippen LogP contribution in [0.3, 0.4) is 0 Å². The second-order valence-corrected chi connectivity index (χ2v) is 5.47. The van der Waals surface area contributed by atoms with Gasteiger partial charge >= 0.3 is 0 Å². The third kappa shape index (κ3) is 4.38. The van der Waals surface area contributed by atoms with Gasteiger partial charge in [0.2, 0.25) is 5.91 Å². The van der Waals surface area contributed by atoms with Gasteiger partial charge < -0.3 is 5.32 Å². The SMILES string of the molecule is Cc1ccccc1SCC(=O)NCc1ccc(F)cc1. The summed E-state index contributed by atoms with van der Waals surface area (Å²) in [4.78, 5) is 12.9. The summed E-state index contributed by atoms with van der Waals surface area (Å²) in [6.07, 6.45) is 0. The normalized spacial score (nSPS) is 10.3. The predicted octanol–water partition coefficient (Wildman–Crippen LogP) is 3.54. The van der Waals surface area contributed by atoms with E-state index in [1.165, 1.54) is 29.5 Å². The fourth-order valence-electron chi connectivity index (χ4n) is 1.72. The van der Waals surface area contributed by atoms with Crippen LogP contribution in [0, 0.1) is 12.7 Å². The molecule has 0 aliphatic heterocycles. The third-order valence-electron chi connectivity index (χ3n) is 2.86. The first-order valence-corrected chi connectivity index (χ1v) is 7.33. The molecule has 0 saturated carbocycles. The second kappa shape index (κ2) is 7.10. The molecule has 0 atom stereocenters. The maximum absolute atomic E-state index is 12.7. The smallest absolute Gasteiger partial charge is 0.230 e. The van der Waals surface area contributed by atoms with Crippen molar-refractivity contribution in [3.8, 4) is 0 Å². The summed E-state index contributed by atoms with van der Waals surface area (Å²) in [6, 6.07) is 14.1. The third-order valence-corrected chi connectivity index (χ3v) is 4.03. The van der Waals surface area contributed by atoms with E-state index in [2.05, 4.69) is 5.32 Å². The highest BCUT2D eigenvalue weighted by molar-refractivity contribution is 8.00. The van der Waals surface area contributed by atoms with Gasteiger partial charge in [-0.2, -0.15) is 0 Å². The Morgan fingerprint density at radius 3 is 2.55 bits per heavy atom. The van der Waals surface area contributed by atoms with Crippen LogP contribution in [0.2, 0.25) is 0 Å². The van der Waals surface area contributed by atoms with Gasteiger partial charge in [0.15, 0.2) is 0 Å². The minimum absolute atomic E-state index is 0.0254. The number of aryl methyl sites for hydroxylation is 1. The number of rotatable bonds is 5. The summed E-state index contributed by atoms with van der Waals surface area (Å²) in [6.45, 7) is 2.45. The molecule has 2 nitrogen and oxygen atoms in total.